The highest BCUT2D eigenvalue weighted by Crippen LogP contribution is 2.28. The van der Waals surface area contributed by atoms with Gasteiger partial charge in [0.15, 0.2) is 6.10 Å². The van der Waals surface area contributed by atoms with E-state index in [0.29, 0.717) is 0 Å². The molecule has 0 spiro atoms. The molecule has 8 heteroatoms. The molecule has 1 aromatic heterocycles. The van der Waals surface area contributed by atoms with Crippen molar-refractivity contribution in [1.29, 1.82) is 0 Å². The molecule has 0 saturated carbocycles. The molecule has 0 aliphatic carbocycles. The van der Waals surface area contributed by atoms with Crippen LogP contribution in [0.4, 0.5) is 13.2 Å². The minimum atomic E-state index is -4.57. The Morgan fingerprint density at radius 2 is 1.95 bits per heavy atom. The van der Waals surface area contributed by atoms with Crippen LogP contribution in [0.5, 0.6) is 5.88 Å². The molecule has 0 aliphatic rings. The quantitative estimate of drug-likeness (QED) is 0.939. The average Bonchev–Trinajstić information content (AvgIpc) is 2.37. The number of alkyl halides is 3. The topological polar surface area (TPSA) is 72.3 Å². The molecule has 0 radical (unpaired) electrons. The van der Waals surface area contributed by atoms with E-state index < -0.39 is 30.0 Å². The van der Waals surface area contributed by atoms with Crippen molar-refractivity contribution in [3.63, 3.8) is 0 Å². The molecule has 0 fully saturated rings. The predicted octanol–water partition coefficient (Wildman–Crippen LogP) is 2.66. The number of carboxylic acid groups (broad SMARTS) is 1. The van der Waals surface area contributed by atoms with E-state index in [2.05, 4.69) is 9.97 Å². The number of halogens is 3. The van der Waals surface area contributed by atoms with E-state index in [4.69, 9.17) is 9.84 Å². The number of rotatable bonds is 3. The summed E-state index contributed by atoms with van der Waals surface area (Å²) in [6, 6.07) is 6.07. The monoisotopic (exact) mass is 286 g/mol. The van der Waals surface area contributed by atoms with Crippen LogP contribution in [0.3, 0.4) is 0 Å². The van der Waals surface area contributed by atoms with Crippen LogP contribution in [0.2, 0.25) is 0 Å². The van der Waals surface area contributed by atoms with Gasteiger partial charge in [0.1, 0.15) is 0 Å². The first-order chi connectivity index (χ1) is 9.29. The number of benzene rings is 1. The maximum atomic E-state index is 12.5. The summed E-state index contributed by atoms with van der Waals surface area (Å²) in [5, 5.41) is 9.08. The molecule has 2 aromatic rings. The molecule has 0 saturated heterocycles. The molecular formula is C12H9F3N2O3. The van der Waals surface area contributed by atoms with Crippen LogP contribution >= 0.6 is 0 Å². The summed E-state index contributed by atoms with van der Waals surface area (Å²) in [6.45, 7) is 0.817. The first kappa shape index (κ1) is 14.0. The molecule has 1 heterocycles. The van der Waals surface area contributed by atoms with Gasteiger partial charge in [0.05, 0.1) is 10.9 Å². The second-order valence-electron chi connectivity index (χ2n) is 3.98. The van der Waals surface area contributed by atoms with Crippen LogP contribution in [0.15, 0.2) is 24.3 Å². The second kappa shape index (κ2) is 4.95. The predicted molar refractivity (Wildman–Crippen MR) is 62.6 cm³/mol. The number of fused-ring (bicyclic) bond motifs is 1. The number of nitrogens with zero attached hydrogens (tertiary/aromatic N) is 2. The van der Waals surface area contributed by atoms with Gasteiger partial charge in [-0.3, -0.25) is 0 Å². The third kappa shape index (κ3) is 2.79. The molecule has 20 heavy (non-hydrogen) atoms. The summed E-state index contributed by atoms with van der Waals surface area (Å²) >= 11 is 0. The van der Waals surface area contributed by atoms with Gasteiger partial charge in [0.25, 0.3) is 0 Å². The van der Waals surface area contributed by atoms with Crippen molar-refractivity contribution in [1.82, 2.24) is 9.97 Å². The van der Waals surface area contributed by atoms with Gasteiger partial charge < -0.3 is 9.84 Å². The number of hydrogen-bond acceptors (Lipinski definition) is 4. The summed E-state index contributed by atoms with van der Waals surface area (Å²) in [7, 11) is 0. The summed E-state index contributed by atoms with van der Waals surface area (Å²) in [5.41, 5.74) is 0.198. The molecule has 0 amide bonds. The lowest BCUT2D eigenvalue weighted by Gasteiger charge is -2.18. The molecule has 1 atom stereocenters. The fraction of sp³-hybridized carbons (Fsp3) is 0.250. The van der Waals surface area contributed by atoms with E-state index in [1.165, 1.54) is 12.1 Å². The molecule has 0 aliphatic heterocycles. The van der Waals surface area contributed by atoms with Crippen LogP contribution in [0.1, 0.15) is 17.5 Å². The van der Waals surface area contributed by atoms with Crippen molar-refractivity contribution in [2.24, 2.45) is 0 Å². The summed E-state index contributed by atoms with van der Waals surface area (Å²) in [5.74, 6) is -2.47. The molecule has 1 aromatic carbocycles. The highest BCUT2D eigenvalue weighted by atomic mass is 19.4. The van der Waals surface area contributed by atoms with Gasteiger partial charge in [0, 0.05) is 0 Å². The second-order valence-corrected chi connectivity index (χ2v) is 3.98. The highest BCUT2D eigenvalue weighted by Gasteiger charge is 2.38. The maximum absolute atomic E-state index is 12.5. The zero-order valence-corrected chi connectivity index (χ0v) is 10.2. The molecule has 1 unspecified atom stereocenters. The summed E-state index contributed by atoms with van der Waals surface area (Å²) in [6.07, 6.45) is -6.68. The molecule has 0 bridgehead atoms. The zero-order chi connectivity index (χ0) is 14.9. The number of aromatic nitrogens is 2. The maximum Gasteiger partial charge on any atom is 0.425 e. The van der Waals surface area contributed by atoms with Crippen LogP contribution in [0.25, 0.3) is 10.9 Å². The van der Waals surface area contributed by atoms with E-state index in [-0.39, 0.29) is 10.9 Å². The van der Waals surface area contributed by atoms with Crippen LogP contribution < -0.4 is 4.74 Å². The number of ether oxygens (including phenoxy) is 1. The summed E-state index contributed by atoms with van der Waals surface area (Å²) < 4.78 is 42.3. The van der Waals surface area contributed by atoms with Crippen LogP contribution in [-0.2, 0) is 0 Å². The molecular weight excluding hydrogens is 277 g/mol. The number of carboxylic acids is 1. The van der Waals surface area contributed by atoms with Gasteiger partial charge in [-0.1, -0.05) is 12.1 Å². The fourth-order valence-electron chi connectivity index (χ4n) is 1.47. The molecule has 2 rings (SSSR count). The Bertz CT molecular complexity index is 658. The van der Waals surface area contributed by atoms with Crippen LogP contribution in [0, 0.1) is 0 Å². The normalized spacial score (nSPS) is 13.2. The van der Waals surface area contributed by atoms with Crippen molar-refractivity contribution in [2.75, 3.05) is 0 Å². The Balaban J connectivity index is 2.53. The lowest BCUT2D eigenvalue weighted by atomic mass is 10.2. The molecule has 1 N–H and O–H groups in total. The third-order valence-corrected chi connectivity index (χ3v) is 2.51. The van der Waals surface area contributed by atoms with Crippen molar-refractivity contribution in [2.45, 2.75) is 19.2 Å². The average molecular weight is 286 g/mol. The van der Waals surface area contributed by atoms with E-state index >= 15 is 0 Å². The first-order valence-electron chi connectivity index (χ1n) is 5.52. The minimum Gasteiger partial charge on any atom is -0.475 e. The summed E-state index contributed by atoms with van der Waals surface area (Å²) in [4.78, 5) is 18.1. The largest absolute Gasteiger partial charge is 0.475 e. The fourth-order valence-corrected chi connectivity index (χ4v) is 1.47. The smallest absolute Gasteiger partial charge is 0.425 e. The van der Waals surface area contributed by atoms with Gasteiger partial charge in [-0.25, -0.2) is 9.78 Å². The Hall–Kier alpha value is -2.38. The molecule has 106 valence electrons. The molecule has 5 nitrogen and oxygen atoms in total. The van der Waals surface area contributed by atoms with Crippen molar-refractivity contribution in [3.8, 4) is 5.88 Å². The number of para-hydroxylation sites is 1. The van der Waals surface area contributed by atoms with Crippen molar-refractivity contribution in [3.05, 3.63) is 30.1 Å². The SMILES string of the molecule is CC(Oc1nc(C(=O)O)nc2ccccc12)C(F)(F)F. The van der Waals surface area contributed by atoms with E-state index in [9.17, 15) is 18.0 Å². The van der Waals surface area contributed by atoms with Gasteiger partial charge in [-0.05, 0) is 19.1 Å². The Labute approximate surface area is 111 Å². The lowest BCUT2D eigenvalue weighted by molar-refractivity contribution is -0.189. The standard InChI is InChI=1S/C12H9F3N2O3/c1-6(12(13,14)15)20-10-7-4-2-3-5-8(7)16-9(17-10)11(18)19/h2-6H,1H3,(H,18,19). The number of hydrogen-bond donors (Lipinski definition) is 1. The van der Waals surface area contributed by atoms with E-state index in [1.54, 1.807) is 12.1 Å². The van der Waals surface area contributed by atoms with Gasteiger partial charge in [-0.15, -0.1) is 0 Å². The van der Waals surface area contributed by atoms with Crippen LogP contribution in [-0.4, -0.2) is 33.3 Å². The van der Waals surface area contributed by atoms with E-state index in [1.807, 2.05) is 0 Å². The Kier molecular flexibility index (Phi) is 3.47. The van der Waals surface area contributed by atoms with Crippen molar-refractivity contribution < 1.29 is 27.8 Å². The minimum absolute atomic E-state index is 0.198. The number of carbonyl (C=O) groups is 1. The first-order valence-corrected chi connectivity index (χ1v) is 5.52. The Morgan fingerprint density at radius 1 is 1.30 bits per heavy atom. The van der Waals surface area contributed by atoms with Gasteiger partial charge >= 0.3 is 12.1 Å². The zero-order valence-electron chi connectivity index (χ0n) is 10.2. The van der Waals surface area contributed by atoms with Crippen molar-refractivity contribution >= 4 is 16.9 Å². The van der Waals surface area contributed by atoms with Gasteiger partial charge in [-0.2, -0.15) is 18.2 Å². The Morgan fingerprint density at radius 3 is 2.55 bits per heavy atom. The lowest BCUT2D eigenvalue weighted by Crippen LogP contribution is -2.31. The number of aromatic carboxylic acids is 1. The highest BCUT2D eigenvalue weighted by molar-refractivity contribution is 5.89. The van der Waals surface area contributed by atoms with E-state index in [0.717, 1.165) is 6.92 Å². The van der Waals surface area contributed by atoms with Gasteiger partial charge in [0.2, 0.25) is 11.7 Å². The third-order valence-electron chi connectivity index (χ3n) is 2.51.